The smallest absolute Gasteiger partial charge is 0.280 e. The molecule has 6 heteroatoms. The number of ether oxygens (including phenoxy) is 1. The van der Waals surface area contributed by atoms with Gasteiger partial charge in [-0.3, -0.25) is 4.79 Å². The van der Waals surface area contributed by atoms with E-state index in [1.165, 1.54) is 5.01 Å². The van der Waals surface area contributed by atoms with E-state index in [1.807, 2.05) is 116 Å². The van der Waals surface area contributed by atoms with Crippen molar-refractivity contribution < 1.29 is 9.53 Å². The van der Waals surface area contributed by atoms with Gasteiger partial charge in [0.2, 0.25) is 0 Å². The van der Waals surface area contributed by atoms with Crippen molar-refractivity contribution in [2.45, 2.75) is 13.8 Å². The number of rotatable bonds is 6. The first-order chi connectivity index (χ1) is 16.6. The lowest BCUT2D eigenvalue weighted by Crippen LogP contribution is -2.21. The van der Waals surface area contributed by atoms with Crippen molar-refractivity contribution in [3.63, 3.8) is 0 Å². The highest BCUT2D eigenvalue weighted by Gasteiger charge is 2.29. The Morgan fingerprint density at radius 1 is 0.912 bits per heavy atom. The molecule has 0 unspecified atom stereocenters. The van der Waals surface area contributed by atoms with Crippen molar-refractivity contribution in [1.29, 1.82) is 0 Å². The number of benzene rings is 3. The first-order valence-corrected chi connectivity index (χ1v) is 11.2. The number of para-hydroxylation sites is 2. The molecule has 1 aromatic heterocycles. The average Bonchev–Trinajstić information content (AvgIpc) is 3.42. The van der Waals surface area contributed by atoms with Crippen molar-refractivity contribution in [1.82, 2.24) is 9.78 Å². The van der Waals surface area contributed by atoms with Crippen molar-refractivity contribution in [3.05, 3.63) is 102 Å². The quantitative estimate of drug-likeness (QED) is 0.353. The fourth-order valence-electron chi connectivity index (χ4n) is 3.91. The number of hydrogen-bond donors (Lipinski definition) is 0. The van der Waals surface area contributed by atoms with Crippen molar-refractivity contribution in [2.24, 2.45) is 5.10 Å². The van der Waals surface area contributed by atoms with Gasteiger partial charge in [0.1, 0.15) is 11.4 Å². The Hall–Kier alpha value is -4.45. The SMILES string of the molecule is CCOc1cccc(-c2nn(-c3ccccc3)cc2C=C2C(=O)N(c3ccccc3)N=C2C)c1. The third kappa shape index (κ3) is 4.13. The summed E-state index contributed by atoms with van der Waals surface area (Å²) >= 11 is 0. The summed E-state index contributed by atoms with van der Waals surface area (Å²) in [6.45, 7) is 4.39. The zero-order chi connectivity index (χ0) is 23.5. The number of aromatic nitrogens is 2. The summed E-state index contributed by atoms with van der Waals surface area (Å²) in [5.74, 6) is 0.614. The molecular weight excluding hydrogens is 424 g/mol. The normalized spacial score (nSPS) is 14.5. The maximum Gasteiger partial charge on any atom is 0.280 e. The van der Waals surface area contributed by atoms with E-state index >= 15 is 0 Å². The lowest BCUT2D eigenvalue weighted by Gasteiger charge is -2.11. The van der Waals surface area contributed by atoms with Crippen LogP contribution in [0.5, 0.6) is 5.75 Å². The molecule has 0 fully saturated rings. The van der Waals surface area contributed by atoms with Crippen LogP contribution in [0.25, 0.3) is 23.0 Å². The topological polar surface area (TPSA) is 59.7 Å². The highest BCUT2D eigenvalue weighted by atomic mass is 16.5. The fraction of sp³-hybridized carbons (Fsp3) is 0.107. The highest BCUT2D eigenvalue weighted by molar-refractivity contribution is 6.32. The van der Waals surface area contributed by atoms with Gasteiger partial charge in [-0.2, -0.15) is 15.2 Å². The van der Waals surface area contributed by atoms with Crippen LogP contribution in [0.1, 0.15) is 19.4 Å². The number of hydrogen-bond acceptors (Lipinski definition) is 4. The van der Waals surface area contributed by atoms with Gasteiger partial charge in [0.05, 0.1) is 29.3 Å². The van der Waals surface area contributed by atoms with Gasteiger partial charge in [0, 0.05) is 17.3 Å². The summed E-state index contributed by atoms with van der Waals surface area (Å²) < 4.78 is 7.53. The summed E-state index contributed by atoms with van der Waals surface area (Å²) in [7, 11) is 0. The van der Waals surface area contributed by atoms with Crippen molar-refractivity contribution in [3.8, 4) is 22.7 Å². The van der Waals surface area contributed by atoms with Gasteiger partial charge in [0.25, 0.3) is 5.91 Å². The van der Waals surface area contributed by atoms with Gasteiger partial charge in [0.15, 0.2) is 0 Å². The van der Waals surface area contributed by atoms with E-state index < -0.39 is 0 Å². The Bertz CT molecular complexity index is 1390. The first-order valence-electron chi connectivity index (χ1n) is 11.2. The molecule has 0 aliphatic carbocycles. The summed E-state index contributed by atoms with van der Waals surface area (Å²) in [5.41, 5.74) is 5.37. The van der Waals surface area contributed by atoms with E-state index in [0.29, 0.717) is 17.9 Å². The molecule has 1 amide bonds. The van der Waals surface area contributed by atoms with Crippen molar-refractivity contribution in [2.75, 3.05) is 11.6 Å². The number of carbonyl (C=O) groups excluding carboxylic acids is 1. The summed E-state index contributed by atoms with van der Waals surface area (Å²) in [5, 5.41) is 10.8. The van der Waals surface area contributed by atoms with Crippen LogP contribution in [0.3, 0.4) is 0 Å². The molecule has 34 heavy (non-hydrogen) atoms. The lowest BCUT2D eigenvalue weighted by molar-refractivity contribution is -0.114. The van der Waals surface area contributed by atoms with E-state index in [4.69, 9.17) is 9.84 Å². The molecule has 3 aromatic carbocycles. The van der Waals surface area contributed by atoms with E-state index in [-0.39, 0.29) is 5.91 Å². The minimum Gasteiger partial charge on any atom is -0.494 e. The van der Waals surface area contributed by atoms with E-state index in [2.05, 4.69) is 5.10 Å². The van der Waals surface area contributed by atoms with Crippen LogP contribution >= 0.6 is 0 Å². The maximum absolute atomic E-state index is 13.3. The average molecular weight is 449 g/mol. The van der Waals surface area contributed by atoms with E-state index in [0.717, 1.165) is 33.9 Å². The monoisotopic (exact) mass is 448 g/mol. The molecule has 0 atom stereocenters. The zero-order valence-electron chi connectivity index (χ0n) is 19.1. The van der Waals surface area contributed by atoms with E-state index in [9.17, 15) is 4.79 Å². The third-order valence-electron chi connectivity index (χ3n) is 5.54. The second kappa shape index (κ2) is 9.19. The molecule has 0 saturated carbocycles. The van der Waals surface area contributed by atoms with Gasteiger partial charge < -0.3 is 4.74 Å². The summed E-state index contributed by atoms with van der Waals surface area (Å²) in [6, 6.07) is 27.2. The standard InChI is InChI=1S/C28H24N4O2/c1-3-34-25-16-10-11-21(17-25)27-22(19-31(30-27)23-12-6-4-7-13-23)18-26-20(2)29-32(28(26)33)24-14-8-5-9-15-24/h4-19H,3H2,1-2H3. The van der Waals surface area contributed by atoms with Gasteiger partial charge >= 0.3 is 0 Å². The molecule has 1 aliphatic rings. The maximum atomic E-state index is 13.3. The fourth-order valence-corrected chi connectivity index (χ4v) is 3.91. The van der Waals surface area contributed by atoms with Crippen LogP contribution in [0.15, 0.2) is 102 Å². The first kappa shape index (κ1) is 21.4. The largest absolute Gasteiger partial charge is 0.494 e. The molecule has 0 spiro atoms. The molecule has 0 N–H and O–H groups in total. The van der Waals surface area contributed by atoms with Crippen LogP contribution in [0.4, 0.5) is 5.69 Å². The van der Waals surface area contributed by atoms with Crippen LogP contribution in [0.2, 0.25) is 0 Å². The number of anilines is 1. The Labute approximate surface area is 198 Å². The third-order valence-corrected chi connectivity index (χ3v) is 5.54. The second-order valence-electron chi connectivity index (χ2n) is 7.87. The molecular formula is C28H24N4O2. The second-order valence-corrected chi connectivity index (χ2v) is 7.87. The number of amides is 1. The molecule has 6 nitrogen and oxygen atoms in total. The molecule has 0 radical (unpaired) electrons. The molecule has 4 aromatic rings. The van der Waals surface area contributed by atoms with Gasteiger partial charge in [-0.1, -0.05) is 48.5 Å². The number of carbonyl (C=O) groups is 1. The van der Waals surface area contributed by atoms with Gasteiger partial charge in [-0.25, -0.2) is 4.68 Å². The summed E-state index contributed by atoms with van der Waals surface area (Å²) in [6.07, 6.45) is 3.82. The molecule has 0 bridgehead atoms. The van der Waals surface area contributed by atoms with Gasteiger partial charge in [-0.15, -0.1) is 0 Å². The van der Waals surface area contributed by atoms with Crippen molar-refractivity contribution >= 4 is 23.4 Å². The Morgan fingerprint density at radius 2 is 1.62 bits per heavy atom. The lowest BCUT2D eigenvalue weighted by atomic mass is 10.0. The molecule has 168 valence electrons. The molecule has 5 rings (SSSR count). The van der Waals surface area contributed by atoms with Crippen LogP contribution in [0, 0.1) is 0 Å². The number of nitrogens with zero attached hydrogens (tertiary/aromatic N) is 4. The zero-order valence-corrected chi connectivity index (χ0v) is 19.1. The number of hydrazone groups is 1. The molecule has 1 aliphatic heterocycles. The van der Waals surface area contributed by atoms with Gasteiger partial charge in [-0.05, 0) is 56.3 Å². The predicted octanol–water partition coefficient (Wildman–Crippen LogP) is 5.74. The minimum absolute atomic E-state index is 0.162. The Balaban J connectivity index is 1.60. The van der Waals surface area contributed by atoms with Crippen LogP contribution in [-0.2, 0) is 4.79 Å². The minimum atomic E-state index is -0.162. The highest BCUT2D eigenvalue weighted by Crippen LogP contribution is 2.31. The van der Waals surface area contributed by atoms with Crippen LogP contribution < -0.4 is 9.75 Å². The Morgan fingerprint density at radius 3 is 2.32 bits per heavy atom. The summed E-state index contributed by atoms with van der Waals surface area (Å²) in [4.78, 5) is 13.3. The predicted molar refractivity (Wildman–Crippen MR) is 135 cm³/mol. The van der Waals surface area contributed by atoms with Crippen LogP contribution in [-0.4, -0.2) is 28.0 Å². The molecule has 0 saturated heterocycles. The Kier molecular flexibility index (Phi) is 5.79. The van der Waals surface area contributed by atoms with E-state index in [1.54, 1.807) is 0 Å². The molecule has 2 heterocycles.